The third kappa shape index (κ3) is 8.66. The van der Waals surface area contributed by atoms with Gasteiger partial charge >= 0.3 is 0 Å². The fraction of sp³-hybridized carbons (Fsp3) is 0.955. The first-order chi connectivity index (χ1) is 13.8. The van der Waals surface area contributed by atoms with Gasteiger partial charge in [0.25, 0.3) is 0 Å². The number of unbranched alkanes of at least 4 members (excludes halogenated alkanes) is 1. The van der Waals surface area contributed by atoms with Crippen LogP contribution in [-0.2, 0) is 0 Å². The highest BCUT2D eigenvalue weighted by atomic mass is 15.3. The van der Waals surface area contributed by atoms with Crippen LogP contribution in [0.25, 0.3) is 0 Å². The van der Waals surface area contributed by atoms with E-state index in [4.69, 9.17) is 4.99 Å². The van der Waals surface area contributed by atoms with E-state index in [0.29, 0.717) is 0 Å². The van der Waals surface area contributed by atoms with Gasteiger partial charge in [-0.25, -0.2) is 0 Å². The molecule has 2 aliphatic heterocycles. The quantitative estimate of drug-likeness (QED) is 0.320. The molecular weight excluding hydrogens is 348 g/mol. The summed E-state index contributed by atoms with van der Waals surface area (Å²) in [6.07, 6.45) is 7.84. The Morgan fingerprint density at radius 3 is 2.39 bits per heavy atom. The molecule has 0 radical (unpaired) electrons. The van der Waals surface area contributed by atoms with Crippen LogP contribution >= 0.6 is 0 Å². The zero-order valence-electron chi connectivity index (χ0n) is 18.9. The number of piperidine rings is 1. The van der Waals surface area contributed by atoms with Crippen molar-refractivity contribution < 1.29 is 0 Å². The molecule has 2 rings (SSSR count). The highest BCUT2D eigenvalue weighted by Crippen LogP contribution is 2.18. The standard InChI is InChI=1S/C22H46N6/c1-4-21-11-7-9-15-28(21)16-13-25-22(23-5-2)24-12-8-10-14-27-19-17-26(6-3)18-20-27/h21H,4-20H2,1-3H3,(H2,23,24,25). The van der Waals surface area contributed by atoms with Crippen LogP contribution in [0.1, 0.15) is 59.3 Å². The lowest BCUT2D eigenvalue weighted by molar-refractivity contribution is 0.136. The number of nitrogens with zero attached hydrogens (tertiary/aromatic N) is 4. The number of guanidine groups is 1. The molecule has 0 amide bonds. The van der Waals surface area contributed by atoms with Gasteiger partial charge in [0.15, 0.2) is 5.96 Å². The predicted molar refractivity (Wildman–Crippen MR) is 121 cm³/mol. The molecule has 0 saturated carbocycles. The van der Waals surface area contributed by atoms with E-state index in [1.165, 1.54) is 84.3 Å². The molecule has 2 fully saturated rings. The van der Waals surface area contributed by atoms with Crippen LogP contribution in [0.5, 0.6) is 0 Å². The van der Waals surface area contributed by atoms with Crippen molar-refractivity contribution >= 4 is 5.96 Å². The molecule has 2 heterocycles. The first-order valence-electron chi connectivity index (χ1n) is 12.0. The van der Waals surface area contributed by atoms with Crippen LogP contribution < -0.4 is 10.6 Å². The van der Waals surface area contributed by atoms with E-state index in [-0.39, 0.29) is 0 Å². The van der Waals surface area contributed by atoms with Crippen molar-refractivity contribution in [3.63, 3.8) is 0 Å². The Bertz CT molecular complexity index is 419. The molecule has 0 spiro atoms. The Hall–Kier alpha value is -0.850. The van der Waals surface area contributed by atoms with Gasteiger partial charge < -0.3 is 20.4 Å². The van der Waals surface area contributed by atoms with Crippen molar-refractivity contribution in [1.29, 1.82) is 0 Å². The second-order valence-corrected chi connectivity index (χ2v) is 8.26. The van der Waals surface area contributed by atoms with Crippen LogP contribution in [0.2, 0.25) is 0 Å². The maximum Gasteiger partial charge on any atom is 0.191 e. The van der Waals surface area contributed by atoms with Crippen LogP contribution in [-0.4, -0.2) is 98.7 Å². The number of piperazine rings is 1. The van der Waals surface area contributed by atoms with E-state index in [1.807, 2.05) is 0 Å². The molecule has 28 heavy (non-hydrogen) atoms. The van der Waals surface area contributed by atoms with Crippen LogP contribution in [0.15, 0.2) is 4.99 Å². The summed E-state index contributed by atoms with van der Waals surface area (Å²) in [6.45, 7) is 19.3. The van der Waals surface area contributed by atoms with Gasteiger partial charge in [-0.3, -0.25) is 9.89 Å². The Morgan fingerprint density at radius 2 is 1.68 bits per heavy atom. The fourth-order valence-electron chi connectivity index (χ4n) is 4.44. The number of aliphatic imine (C=N–C) groups is 1. The topological polar surface area (TPSA) is 46.1 Å². The minimum Gasteiger partial charge on any atom is -0.357 e. The number of hydrogen-bond acceptors (Lipinski definition) is 4. The minimum atomic E-state index is 0.786. The summed E-state index contributed by atoms with van der Waals surface area (Å²) >= 11 is 0. The second kappa shape index (κ2) is 14.2. The maximum absolute atomic E-state index is 4.79. The summed E-state index contributed by atoms with van der Waals surface area (Å²) in [7, 11) is 0. The number of rotatable bonds is 11. The molecule has 164 valence electrons. The largest absolute Gasteiger partial charge is 0.357 e. The third-order valence-electron chi connectivity index (χ3n) is 6.32. The summed E-state index contributed by atoms with van der Waals surface area (Å²) < 4.78 is 0. The van der Waals surface area contributed by atoms with Gasteiger partial charge in [0, 0.05) is 58.4 Å². The van der Waals surface area contributed by atoms with Crippen LogP contribution in [0.4, 0.5) is 0 Å². The molecule has 6 heteroatoms. The molecule has 2 N–H and O–H groups in total. The van der Waals surface area contributed by atoms with Crippen molar-refractivity contribution in [2.24, 2.45) is 4.99 Å². The SMILES string of the molecule is CCNC(=NCCCCN1CCN(CC)CC1)NCCN1CCCCC1CC. The van der Waals surface area contributed by atoms with Gasteiger partial charge in [-0.05, 0) is 58.7 Å². The summed E-state index contributed by atoms with van der Waals surface area (Å²) in [5, 5.41) is 6.95. The smallest absolute Gasteiger partial charge is 0.191 e. The van der Waals surface area contributed by atoms with Crippen molar-refractivity contribution in [3.05, 3.63) is 0 Å². The molecule has 0 bridgehead atoms. The molecule has 0 aliphatic carbocycles. The average molecular weight is 395 g/mol. The lowest BCUT2D eigenvalue weighted by atomic mass is 10.0. The molecule has 2 saturated heterocycles. The molecule has 0 aromatic carbocycles. The zero-order valence-corrected chi connectivity index (χ0v) is 18.9. The van der Waals surface area contributed by atoms with Crippen molar-refractivity contribution in [2.75, 3.05) is 72.0 Å². The highest BCUT2D eigenvalue weighted by Gasteiger charge is 2.20. The van der Waals surface area contributed by atoms with Gasteiger partial charge in [0.05, 0.1) is 0 Å². The Kier molecular flexibility index (Phi) is 11.9. The predicted octanol–water partition coefficient (Wildman–Crippen LogP) is 2.22. The maximum atomic E-state index is 4.79. The summed E-state index contributed by atoms with van der Waals surface area (Å²) in [4.78, 5) is 12.6. The molecular formula is C22H46N6. The van der Waals surface area contributed by atoms with E-state index in [2.05, 4.69) is 46.1 Å². The summed E-state index contributed by atoms with van der Waals surface area (Å²) in [5.74, 6) is 0.990. The first kappa shape index (κ1) is 23.4. The van der Waals surface area contributed by atoms with Gasteiger partial charge in [-0.1, -0.05) is 20.3 Å². The van der Waals surface area contributed by atoms with Crippen LogP contribution in [0, 0.1) is 0 Å². The van der Waals surface area contributed by atoms with Crippen molar-refractivity contribution in [1.82, 2.24) is 25.3 Å². The van der Waals surface area contributed by atoms with E-state index < -0.39 is 0 Å². The first-order valence-corrected chi connectivity index (χ1v) is 12.0. The molecule has 0 aromatic rings. The van der Waals surface area contributed by atoms with E-state index in [9.17, 15) is 0 Å². The minimum absolute atomic E-state index is 0.786. The lowest BCUT2D eigenvalue weighted by Crippen LogP contribution is -2.46. The number of likely N-dealkylation sites (tertiary alicyclic amines) is 1. The Balaban J connectivity index is 1.59. The second-order valence-electron chi connectivity index (χ2n) is 8.26. The molecule has 6 nitrogen and oxygen atoms in total. The van der Waals surface area contributed by atoms with Gasteiger partial charge in [0.1, 0.15) is 0 Å². The number of hydrogen-bond donors (Lipinski definition) is 2. The Labute approximate surface area is 174 Å². The average Bonchev–Trinajstić information content (AvgIpc) is 2.74. The lowest BCUT2D eigenvalue weighted by Gasteiger charge is -2.35. The zero-order chi connectivity index (χ0) is 20.0. The third-order valence-corrected chi connectivity index (χ3v) is 6.32. The van der Waals surface area contributed by atoms with Gasteiger partial charge in [-0.15, -0.1) is 0 Å². The summed E-state index contributed by atoms with van der Waals surface area (Å²) in [6, 6.07) is 0.786. The Morgan fingerprint density at radius 1 is 0.893 bits per heavy atom. The summed E-state index contributed by atoms with van der Waals surface area (Å²) in [5.41, 5.74) is 0. The highest BCUT2D eigenvalue weighted by molar-refractivity contribution is 5.79. The molecule has 1 unspecified atom stereocenters. The monoisotopic (exact) mass is 394 g/mol. The van der Waals surface area contributed by atoms with Crippen molar-refractivity contribution in [2.45, 2.75) is 65.3 Å². The van der Waals surface area contributed by atoms with Gasteiger partial charge in [-0.2, -0.15) is 0 Å². The van der Waals surface area contributed by atoms with Crippen LogP contribution in [0.3, 0.4) is 0 Å². The molecule has 2 aliphatic rings. The normalized spacial score (nSPS) is 23.1. The van der Waals surface area contributed by atoms with E-state index >= 15 is 0 Å². The molecule has 0 aromatic heterocycles. The van der Waals surface area contributed by atoms with E-state index in [1.54, 1.807) is 0 Å². The number of nitrogens with one attached hydrogen (secondary N) is 2. The molecule has 1 atom stereocenters. The van der Waals surface area contributed by atoms with Gasteiger partial charge in [0.2, 0.25) is 0 Å². The van der Waals surface area contributed by atoms with E-state index in [0.717, 1.165) is 38.2 Å². The van der Waals surface area contributed by atoms with Crippen molar-refractivity contribution in [3.8, 4) is 0 Å². The number of likely N-dealkylation sites (N-methyl/N-ethyl adjacent to an activating group) is 1. The fourth-order valence-corrected chi connectivity index (χ4v) is 4.44.